The smallest absolute Gasteiger partial charge is 0.307 e. The minimum Gasteiger partial charge on any atom is -0.466 e. The van der Waals surface area contributed by atoms with Crippen LogP contribution in [0, 0.1) is 0 Å². The molecule has 0 aliphatic carbocycles. The van der Waals surface area contributed by atoms with Gasteiger partial charge in [-0.25, -0.2) is 0 Å². The van der Waals surface area contributed by atoms with Gasteiger partial charge in [0.2, 0.25) is 0 Å². The highest BCUT2D eigenvalue weighted by Gasteiger charge is 2.16. The first kappa shape index (κ1) is 79.7. The van der Waals surface area contributed by atoms with Gasteiger partial charge in [-0.2, -0.15) is 0 Å². The predicted molar refractivity (Wildman–Crippen MR) is 347 cm³/mol. The van der Waals surface area contributed by atoms with Crippen LogP contribution in [0.2, 0.25) is 0 Å². The molecule has 0 unspecified atom stereocenters. The molecule has 0 aromatic carbocycles. The van der Waals surface area contributed by atoms with Gasteiger partial charge in [-0.05, 0) is 78.8 Å². The molecule has 0 aliphatic rings. The summed E-state index contributed by atoms with van der Waals surface area (Å²) in [6.45, 7) is 18.6. The quantitative estimate of drug-likeness (QED) is 0.0328. The Bertz CT molecular complexity index is 1190. The van der Waals surface area contributed by atoms with Gasteiger partial charge >= 0.3 is 23.9 Å². The normalized spacial score (nSPS) is 11.7. The van der Waals surface area contributed by atoms with E-state index in [1.807, 2.05) is 0 Å². The molecular weight excluding hydrogens is 1020 g/mol. The molecule has 12 heteroatoms. The maximum Gasteiger partial charge on any atom is 0.307 e. The Kier molecular flexibility index (Phi) is 62.9. The Morgan fingerprint density at radius 1 is 0.220 bits per heavy atom. The van der Waals surface area contributed by atoms with Crippen LogP contribution in [-0.2, 0) is 38.1 Å². The van der Waals surface area contributed by atoms with E-state index in [4.69, 9.17) is 18.9 Å². The largest absolute Gasteiger partial charge is 0.466 e. The second-order valence-corrected chi connectivity index (χ2v) is 24.6. The van der Waals surface area contributed by atoms with Crippen LogP contribution in [0.4, 0.5) is 0 Å². The van der Waals surface area contributed by atoms with Gasteiger partial charge in [-0.3, -0.25) is 19.2 Å². The zero-order chi connectivity index (χ0) is 59.9. The molecule has 0 fully saturated rings. The van der Waals surface area contributed by atoms with Gasteiger partial charge in [0.15, 0.2) is 0 Å². The number of hydrogen-bond acceptors (Lipinski definition) is 12. The summed E-state index contributed by atoms with van der Waals surface area (Å²) in [5, 5.41) is 0. The first-order valence-corrected chi connectivity index (χ1v) is 35.6. The monoisotopic (exact) mass is 1160 g/mol. The number of hydrogen-bond donors (Lipinski definition) is 0. The fourth-order valence-electron chi connectivity index (χ4n) is 10.8. The minimum atomic E-state index is -0.151. The highest BCUT2D eigenvalue weighted by atomic mass is 16.5. The fraction of sp³-hybridized carbons (Fsp3) is 0.943. The van der Waals surface area contributed by atoms with Crippen molar-refractivity contribution in [2.45, 2.75) is 323 Å². The summed E-state index contributed by atoms with van der Waals surface area (Å²) in [5.74, 6) is -0.602. The summed E-state index contributed by atoms with van der Waals surface area (Å²) < 4.78 is 22.6. The van der Waals surface area contributed by atoms with Crippen molar-refractivity contribution in [1.29, 1.82) is 0 Å². The molecule has 0 aliphatic heterocycles. The molecule has 0 saturated carbocycles. The molecule has 12 nitrogen and oxygen atoms in total. The number of esters is 4. The van der Waals surface area contributed by atoms with Crippen LogP contribution in [-0.4, -0.2) is 149 Å². The number of nitrogens with zero attached hydrogens (tertiary/aromatic N) is 4. The number of carbonyl (C=O) groups is 4. The zero-order valence-electron chi connectivity index (χ0n) is 55.5. The van der Waals surface area contributed by atoms with Gasteiger partial charge in [-0.1, -0.05) is 259 Å². The maximum atomic E-state index is 12.8. The third kappa shape index (κ3) is 60.8. The lowest BCUT2D eigenvalue weighted by Crippen LogP contribution is -2.36. The van der Waals surface area contributed by atoms with Crippen molar-refractivity contribution in [1.82, 2.24) is 19.6 Å². The van der Waals surface area contributed by atoms with Crippen LogP contribution in [0.3, 0.4) is 0 Å². The third-order valence-corrected chi connectivity index (χ3v) is 16.5. The van der Waals surface area contributed by atoms with Crippen LogP contribution in [0.15, 0.2) is 0 Å². The molecule has 0 radical (unpaired) electrons. The molecule has 82 heavy (non-hydrogen) atoms. The van der Waals surface area contributed by atoms with Gasteiger partial charge in [0.1, 0.15) is 0 Å². The molecule has 0 atom stereocenters. The second-order valence-electron chi connectivity index (χ2n) is 24.6. The maximum absolute atomic E-state index is 12.8. The van der Waals surface area contributed by atoms with Gasteiger partial charge in [0.05, 0.1) is 52.1 Å². The summed E-state index contributed by atoms with van der Waals surface area (Å²) >= 11 is 0. The van der Waals surface area contributed by atoms with Crippen LogP contribution in [0.1, 0.15) is 323 Å². The molecule has 0 spiro atoms. The van der Waals surface area contributed by atoms with Gasteiger partial charge in [0, 0.05) is 39.3 Å². The molecule has 0 heterocycles. The van der Waals surface area contributed by atoms with E-state index in [1.165, 1.54) is 205 Å². The minimum absolute atomic E-state index is 0.151. The van der Waals surface area contributed by atoms with Crippen molar-refractivity contribution in [2.24, 2.45) is 0 Å². The number of ether oxygens (including phenoxy) is 4. The Labute approximate surface area is 508 Å². The Hall–Kier alpha value is -2.28. The van der Waals surface area contributed by atoms with Crippen molar-refractivity contribution in [3.05, 3.63) is 0 Å². The lowest BCUT2D eigenvalue weighted by Gasteiger charge is -2.26. The molecule has 0 amide bonds. The molecule has 0 aromatic heterocycles. The highest BCUT2D eigenvalue weighted by molar-refractivity contribution is 5.71. The summed E-state index contributed by atoms with van der Waals surface area (Å²) in [6.07, 6.45) is 53.1. The fourth-order valence-corrected chi connectivity index (χ4v) is 10.8. The molecular formula is C70H138N4O8. The summed E-state index contributed by atoms with van der Waals surface area (Å²) in [4.78, 5) is 60.6. The van der Waals surface area contributed by atoms with Crippen molar-refractivity contribution < 1.29 is 38.1 Å². The van der Waals surface area contributed by atoms with Gasteiger partial charge in [0.25, 0.3) is 0 Å². The van der Waals surface area contributed by atoms with Crippen LogP contribution in [0.25, 0.3) is 0 Å². The molecule has 0 bridgehead atoms. The average Bonchev–Trinajstić information content (AvgIpc) is 3.47. The second kappa shape index (κ2) is 64.7. The van der Waals surface area contributed by atoms with Crippen molar-refractivity contribution >= 4 is 23.9 Å². The van der Waals surface area contributed by atoms with Crippen LogP contribution in [0.5, 0.6) is 0 Å². The Morgan fingerprint density at radius 3 is 0.598 bits per heavy atom. The Balaban J connectivity index is 4.98. The number of carbonyl (C=O) groups excluding carboxylic acids is 4. The van der Waals surface area contributed by atoms with Crippen molar-refractivity contribution in [3.8, 4) is 0 Å². The predicted octanol–water partition coefficient (Wildman–Crippen LogP) is 17.7. The van der Waals surface area contributed by atoms with Crippen molar-refractivity contribution in [3.63, 3.8) is 0 Å². The summed E-state index contributed by atoms with van der Waals surface area (Å²) in [7, 11) is 4.34. The zero-order valence-corrected chi connectivity index (χ0v) is 55.5. The number of likely N-dealkylation sites (N-methyl/N-ethyl adjacent to an activating group) is 2. The number of unbranched alkanes of at least 4 members (excludes halogenated alkanes) is 36. The summed E-state index contributed by atoms with van der Waals surface area (Å²) in [6, 6.07) is 0. The van der Waals surface area contributed by atoms with Crippen LogP contribution < -0.4 is 0 Å². The van der Waals surface area contributed by atoms with E-state index in [2.05, 4.69) is 61.4 Å². The first-order chi connectivity index (χ1) is 40.1. The lowest BCUT2D eigenvalue weighted by molar-refractivity contribution is -0.146. The van der Waals surface area contributed by atoms with E-state index in [-0.39, 0.29) is 23.9 Å². The van der Waals surface area contributed by atoms with Crippen molar-refractivity contribution in [2.75, 3.05) is 106 Å². The standard InChI is InChI=1S/C70H138N4O8/c1-7-11-15-19-23-27-31-35-39-43-63-79-67(75)49-57-73(58-50-68(76)80-64-44-40-36-32-28-24-20-16-12-8-2)55-47-53-71(5)61-62-72(6)54-48-56-74(59-51-69(77)81-65-45-41-37-33-29-25-21-17-13-9-3)60-52-70(78)82-66-46-42-38-34-30-26-22-18-14-10-4/h7-66H2,1-6H3. The molecule has 0 rings (SSSR count). The molecule has 486 valence electrons. The lowest BCUT2D eigenvalue weighted by atomic mass is 10.1. The molecule has 0 aromatic rings. The summed E-state index contributed by atoms with van der Waals surface area (Å²) in [5.41, 5.74) is 0. The number of rotatable bonds is 67. The van der Waals surface area contributed by atoms with E-state index in [0.29, 0.717) is 78.3 Å². The van der Waals surface area contributed by atoms with Gasteiger partial charge < -0.3 is 38.5 Å². The highest BCUT2D eigenvalue weighted by Crippen LogP contribution is 2.15. The van der Waals surface area contributed by atoms with E-state index in [0.717, 1.165) is 103 Å². The molecule has 0 saturated heterocycles. The van der Waals surface area contributed by atoms with E-state index in [1.54, 1.807) is 0 Å². The SMILES string of the molecule is CCCCCCCCCCCCOC(=O)CCN(CCCN(C)CCN(C)CCCN(CCC(=O)OCCCCCCCCCCCC)CCC(=O)OCCCCCCCCCCCC)CCC(=O)OCCCCCCCCCCCC. The Morgan fingerprint density at radius 2 is 0.402 bits per heavy atom. The van der Waals surface area contributed by atoms with Crippen LogP contribution >= 0.6 is 0 Å². The first-order valence-electron chi connectivity index (χ1n) is 35.6. The topological polar surface area (TPSA) is 118 Å². The van der Waals surface area contributed by atoms with Gasteiger partial charge in [-0.15, -0.1) is 0 Å². The van der Waals surface area contributed by atoms with E-state index >= 15 is 0 Å². The average molecular weight is 1160 g/mol. The van der Waals surface area contributed by atoms with E-state index < -0.39 is 0 Å². The molecule has 0 N–H and O–H groups in total. The van der Waals surface area contributed by atoms with E-state index in [9.17, 15) is 19.2 Å². The third-order valence-electron chi connectivity index (χ3n) is 16.5.